The number of aryl methyl sites for hydroxylation is 1. The predicted molar refractivity (Wildman–Crippen MR) is 39.2 cm³/mol. The van der Waals surface area contributed by atoms with E-state index in [0.717, 1.165) is 5.69 Å². The Labute approximate surface area is 76.5 Å². The smallest absolute Gasteiger partial charge is 0 e. The van der Waals surface area contributed by atoms with E-state index in [1.165, 1.54) is 0 Å². The van der Waals surface area contributed by atoms with Crippen LogP contribution in [0.1, 0.15) is 19.5 Å². The maximum Gasteiger partial charge on any atom is 0 e. The van der Waals surface area contributed by atoms with E-state index in [-0.39, 0.29) is 20.4 Å². The molecule has 1 heterocycles. The fourth-order valence-corrected chi connectivity index (χ4v) is 0.404. The predicted octanol–water partition coefficient (Wildman–Crippen LogP) is 2.21. The summed E-state index contributed by atoms with van der Waals surface area (Å²) in [6.45, 7) is 5.94. The van der Waals surface area contributed by atoms with Crippen molar-refractivity contribution in [3.05, 3.63) is 30.1 Å². The van der Waals surface area contributed by atoms with Crippen LogP contribution in [0.25, 0.3) is 0 Å². The Bertz CT molecular complexity index is 139. The molecular formula is C8H12NRe-. The van der Waals surface area contributed by atoms with Crippen LogP contribution in [0.5, 0.6) is 0 Å². The molecule has 1 aromatic heterocycles. The van der Waals surface area contributed by atoms with Crippen LogP contribution in [0.15, 0.2) is 18.3 Å². The van der Waals surface area contributed by atoms with Crippen molar-refractivity contribution in [1.82, 2.24) is 4.98 Å². The van der Waals surface area contributed by atoms with E-state index in [9.17, 15) is 0 Å². The standard InChI is InChI=1S/C6H6N.C2H6.Re/c1-6-4-2-3-5-7-6;1-2;/h3-5H,1H3;1-2H3;/q-1;;. The summed E-state index contributed by atoms with van der Waals surface area (Å²) in [5.41, 5.74) is 1.02. The molecule has 0 aliphatic carbocycles. The van der Waals surface area contributed by atoms with Crippen molar-refractivity contribution in [3.63, 3.8) is 0 Å². The third-order valence-electron chi connectivity index (χ3n) is 0.741. The number of pyridine rings is 1. The van der Waals surface area contributed by atoms with Crippen LogP contribution in [-0.2, 0) is 20.4 Å². The quantitative estimate of drug-likeness (QED) is 0.670. The fourth-order valence-electron chi connectivity index (χ4n) is 0.404. The van der Waals surface area contributed by atoms with E-state index in [1.54, 1.807) is 12.3 Å². The van der Waals surface area contributed by atoms with Crippen LogP contribution in [-0.4, -0.2) is 4.98 Å². The summed E-state index contributed by atoms with van der Waals surface area (Å²) >= 11 is 0. The molecular weight excluding hydrogens is 296 g/mol. The molecule has 0 saturated carbocycles. The normalized spacial score (nSPS) is 6.70. The first-order chi connectivity index (χ1) is 4.39. The second-order valence-corrected chi connectivity index (χ2v) is 1.40. The molecule has 10 heavy (non-hydrogen) atoms. The van der Waals surface area contributed by atoms with Crippen LogP contribution in [0.2, 0.25) is 0 Å². The van der Waals surface area contributed by atoms with Gasteiger partial charge in [0, 0.05) is 20.4 Å². The number of aromatic nitrogens is 1. The molecule has 0 spiro atoms. The molecule has 0 fully saturated rings. The van der Waals surface area contributed by atoms with Crippen molar-refractivity contribution in [2.45, 2.75) is 20.8 Å². The van der Waals surface area contributed by atoms with E-state index in [0.29, 0.717) is 0 Å². The Morgan fingerprint density at radius 1 is 1.40 bits per heavy atom. The first-order valence-corrected chi connectivity index (χ1v) is 3.18. The number of hydrogen-bond donors (Lipinski definition) is 0. The van der Waals surface area contributed by atoms with E-state index in [4.69, 9.17) is 0 Å². The Kier molecular flexibility index (Phi) is 11.0. The Hall–Kier alpha value is -0.188. The number of rotatable bonds is 0. The Morgan fingerprint density at radius 2 is 2.00 bits per heavy atom. The summed E-state index contributed by atoms with van der Waals surface area (Å²) in [6, 6.07) is 6.53. The maximum atomic E-state index is 3.95. The minimum absolute atomic E-state index is 0. The summed E-state index contributed by atoms with van der Waals surface area (Å²) in [5.74, 6) is 0. The molecule has 0 unspecified atom stereocenters. The SMILES string of the molecule is CC.Cc1c[c-]ccn1.[Re]. The van der Waals surface area contributed by atoms with Crippen molar-refractivity contribution in [2.75, 3.05) is 0 Å². The molecule has 2 heteroatoms. The molecule has 1 rings (SSSR count). The van der Waals surface area contributed by atoms with Crippen LogP contribution >= 0.6 is 0 Å². The topological polar surface area (TPSA) is 12.9 Å². The van der Waals surface area contributed by atoms with Gasteiger partial charge in [-0.3, -0.25) is 0 Å². The molecule has 57 valence electrons. The average Bonchev–Trinajstić information content (AvgIpc) is 1.94. The van der Waals surface area contributed by atoms with Gasteiger partial charge in [0.2, 0.25) is 0 Å². The minimum atomic E-state index is 0. The van der Waals surface area contributed by atoms with Crippen molar-refractivity contribution in [2.24, 2.45) is 0 Å². The Morgan fingerprint density at radius 3 is 2.20 bits per heavy atom. The van der Waals surface area contributed by atoms with Gasteiger partial charge in [-0.15, -0.1) is 0 Å². The summed E-state index contributed by atoms with van der Waals surface area (Å²) in [4.78, 5) is 3.95. The fraction of sp³-hybridized carbons (Fsp3) is 0.375. The van der Waals surface area contributed by atoms with Crippen molar-refractivity contribution < 1.29 is 20.4 Å². The average molecular weight is 308 g/mol. The Balaban J connectivity index is 0. The zero-order valence-corrected chi connectivity index (χ0v) is 9.27. The second-order valence-electron chi connectivity index (χ2n) is 1.40. The minimum Gasteiger partial charge on any atom is -0.388 e. The molecule has 0 bridgehead atoms. The summed E-state index contributed by atoms with van der Waals surface area (Å²) in [7, 11) is 0. The molecule has 1 nitrogen and oxygen atoms in total. The first kappa shape index (κ1) is 12.5. The monoisotopic (exact) mass is 309 g/mol. The van der Waals surface area contributed by atoms with Gasteiger partial charge in [0.05, 0.1) is 0 Å². The molecule has 0 N–H and O–H groups in total. The van der Waals surface area contributed by atoms with Gasteiger partial charge in [-0.2, -0.15) is 18.2 Å². The maximum absolute atomic E-state index is 3.95. The molecule has 1 aromatic rings. The van der Waals surface area contributed by atoms with Gasteiger partial charge in [0.25, 0.3) is 0 Å². The molecule has 0 amide bonds. The van der Waals surface area contributed by atoms with Gasteiger partial charge in [0.15, 0.2) is 0 Å². The molecule has 0 atom stereocenters. The second kappa shape index (κ2) is 8.81. The third-order valence-corrected chi connectivity index (χ3v) is 0.741. The van der Waals surface area contributed by atoms with Crippen molar-refractivity contribution >= 4 is 0 Å². The van der Waals surface area contributed by atoms with Crippen LogP contribution in [0.4, 0.5) is 0 Å². The first-order valence-electron chi connectivity index (χ1n) is 3.18. The van der Waals surface area contributed by atoms with Crippen LogP contribution in [0.3, 0.4) is 0 Å². The molecule has 0 aliphatic heterocycles. The third kappa shape index (κ3) is 5.94. The van der Waals surface area contributed by atoms with Gasteiger partial charge >= 0.3 is 0 Å². The van der Waals surface area contributed by atoms with Crippen molar-refractivity contribution in [1.29, 1.82) is 0 Å². The summed E-state index contributed by atoms with van der Waals surface area (Å²) in [5, 5.41) is 0. The van der Waals surface area contributed by atoms with E-state index in [2.05, 4.69) is 11.1 Å². The van der Waals surface area contributed by atoms with Gasteiger partial charge in [-0.05, 0) is 0 Å². The largest absolute Gasteiger partial charge is 0.388 e. The van der Waals surface area contributed by atoms with Gasteiger partial charge in [-0.25, -0.2) is 0 Å². The molecule has 0 saturated heterocycles. The summed E-state index contributed by atoms with van der Waals surface area (Å²) < 4.78 is 0. The zero-order valence-electron chi connectivity index (χ0n) is 6.56. The van der Waals surface area contributed by atoms with E-state index < -0.39 is 0 Å². The number of nitrogens with zero attached hydrogens (tertiary/aromatic N) is 1. The van der Waals surface area contributed by atoms with Gasteiger partial charge in [-0.1, -0.05) is 32.7 Å². The van der Waals surface area contributed by atoms with E-state index >= 15 is 0 Å². The molecule has 1 radical (unpaired) electrons. The summed E-state index contributed by atoms with van der Waals surface area (Å²) in [6.07, 6.45) is 1.73. The molecule has 0 aromatic carbocycles. The molecule has 0 aliphatic rings. The van der Waals surface area contributed by atoms with Crippen LogP contribution < -0.4 is 0 Å². The zero-order chi connectivity index (χ0) is 7.11. The number of hydrogen-bond acceptors (Lipinski definition) is 1. The van der Waals surface area contributed by atoms with Crippen molar-refractivity contribution in [3.8, 4) is 0 Å². The van der Waals surface area contributed by atoms with E-state index in [1.807, 2.05) is 26.8 Å². The van der Waals surface area contributed by atoms with Gasteiger partial charge < -0.3 is 4.98 Å². The van der Waals surface area contributed by atoms with Crippen LogP contribution in [0, 0.1) is 13.0 Å². The van der Waals surface area contributed by atoms with Gasteiger partial charge in [0.1, 0.15) is 0 Å².